The number of aromatic nitrogens is 2. The largest absolute Gasteiger partial charge is 0.458 e. The van der Waals surface area contributed by atoms with Gasteiger partial charge in [0.2, 0.25) is 0 Å². The molecular formula is C45H25BN4O2. The summed E-state index contributed by atoms with van der Waals surface area (Å²) in [6, 6.07) is 50.3. The fourth-order valence-corrected chi connectivity index (χ4v) is 8.57. The Morgan fingerprint density at radius 2 is 0.942 bits per heavy atom. The summed E-state index contributed by atoms with van der Waals surface area (Å²) < 4.78 is 17.6. The van der Waals surface area contributed by atoms with Crippen LogP contribution in [0.5, 0.6) is 23.0 Å². The van der Waals surface area contributed by atoms with Gasteiger partial charge in [0, 0.05) is 39.1 Å². The van der Waals surface area contributed by atoms with E-state index in [-0.39, 0.29) is 6.71 Å². The van der Waals surface area contributed by atoms with Gasteiger partial charge in [-0.1, -0.05) is 72.8 Å². The number of ether oxygens (including phenoxy) is 2. The molecule has 0 N–H and O–H groups in total. The van der Waals surface area contributed by atoms with Crippen LogP contribution in [0.1, 0.15) is 16.7 Å². The summed E-state index contributed by atoms with van der Waals surface area (Å²) in [6.45, 7) is 1.80. The molecule has 0 fully saturated rings. The first-order chi connectivity index (χ1) is 25.6. The molecule has 0 saturated heterocycles. The summed E-state index contributed by atoms with van der Waals surface area (Å²) in [7, 11) is 0. The Morgan fingerprint density at radius 3 is 1.44 bits per heavy atom. The average molecular weight is 665 g/mol. The molecule has 0 unspecified atom stereocenters. The van der Waals surface area contributed by atoms with Crippen molar-refractivity contribution >= 4 is 66.7 Å². The fraction of sp³-hybridized carbons (Fsp3) is 0.0222. The zero-order valence-electron chi connectivity index (χ0n) is 27.9. The third-order valence-electron chi connectivity index (χ3n) is 10.8. The lowest BCUT2D eigenvalue weighted by Crippen LogP contribution is -2.57. The number of hydrogen-bond acceptors (Lipinski definition) is 4. The highest BCUT2D eigenvalue weighted by Gasteiger charge is 2.41. The van der Waals surface area contributed by atoms with E-state index in [0.29, 0.717) is 34.1 Å². The first-order valence-corrected chi connectivity index (χ1v) is 17.2. The number of hydrogen-bond donors (Lipinski definition) is 0. The molecule has 0 atom stereocenters. The van der Waals surface area contributed by atoms with Crippen molar-refractivity contribution < 1.29 is 9.47 Å². The maximum atomic E-state index is 10.6. The molecule has 0 aliphatic carbocycles. The van der Waals surface area contributed by atoms with Gasteiger partial charge in [0.25, 0.3) is 6.71 Å². The monoisotopic (exact) mass is 664 g/mol. The molecular weight excluding hydrogens is 639 g/mol. The van der Waals surface area contributed by atoms with Gasteiger partial charge in [-0.3, -0.25) is 0 Å². The highest BCUT2D eigenvalue weighted by Crippen LogP contribution is 2.40. The Bertz CT molecular complexity index is 3070. The quantitative estimate of drug-likeness (QED) is 0.173. The molecule has 7 aromatic carbocycles. The van der Waals surface area contributed by atoms with Gasteiger partial charge in [0.05, 0.1) is 44.6 Å². The van der Waals surface area contributed by atoms with Crippen molar-refractivity contribution in [1.82, 2.24) is 9.13 Å². The number of para-hydroxylation sites is 3. The first-order valence-electron chi connectivity index (χ1n) is 17.2. The zero-order valence-corrected chi connectivity index (χ0v) is 27.9. The van der Waals surface area contributed by atoms with Crippen LogP contribution in [-0.4, -0.2) is 15.8 Å². The molecule has 0 bridgehead atoms. The van der Waals surface area contributed by atoms with Gasteiger partial charge < -0.3 is 18.6 Å². The molecule has 0 spiro atoms. The topological polar surface area (TPSA) is 75.9 Å². The van der Waals surface area contributed by atoms with Crippen molar-refractivity contribution in [2.24, 2.45) is 0 Å². The molecule has 240 valence electrons. The van der Waals surface area contributed by atoms with E-state index in [4.69, 9.17) is 9.47 Å². The predicted octanol–water partition coefficient (Wildman–Crippen LogP) is 8.66. The summed E-state index contributed by atoms with van der Waals surface area (Å²) in [5, 5.41) is 25.8. The number of rotatable bonds is 2. The number of nitrogens with zero attached hydrogens (tertiary/aromatic N) is 4. The third-order valence-corrected chi connectivity index (χ3v) is 10.8. The molecule has 7 heteroatoms. The van der Waals surface area contributed by atoms with E-state index in [0.717, 1.165) is 76.9 Å². The molecule has 0 radical (unpaired) electrons. The van der Waals surface area contributed by atoms with Gasteiger partial charge in [-0.2, -0.15) is 10.5 Å². The highest BCUT2D eigenvalue weighted by atomic mass is 16.5. The van der Waals surface area contributed by atoms with Crippen LogP contribution >= 0.6 is 0 Å². The molecule has 2 aliphatic rings. The van der Waals surface area contributed by atoms with Gasteiger partial charge in [-0.25, -0.2) is 0 Å². The Hall–Kier alpha value is -7.22. The molecule has 2 aliphatic heterocycles. The lowest BCUT2D eigenvalue weighted by atomic mass is 9.34. The number of benzene rings is 7. The van der Waals surface area contributed by atoms with E-state index < -0.39 is 0 Å². The Labute approximate surface area is 298 Å². The van der Waals surface area contributed by atoms with Crippen molar-refractivity contribution in [1.29, 1.82) is 10.5 Å². The summed E-state index contributed by atoms with van der Waals surface area (Å²) >= 11 is 0. The van der Waals surface area contributed by atoms with Crippen LogP contribution in [-0.2, 0) is 0 Å². The molecule has 11 rings (SSSR count). The molecule has 9 aromatic rings. The van der Waals surface area contributed by atoms with Gasteiger partial charge in [0.15, 0.2) is 0 Å². The van der Waals surface area contributed by atoms with E-state index in [1.54, 1.807) is 0 Å². The molecule has 0 saturated carbocycles. The lowest BCUT2D eigenvalue weighted by molar-refractivity contribution is 0.464. The van der Waals surface area contributed by atoms with Crippen LogP contribution < -0.4 is 25.9 Å². The van der Waals surface area contributed by atoms with E-state index in [9.17, 15) is 10.5 Å². The van der Waals surface area contributed by atoms with Gasteiger partial charge in [-0.15, -0.1) is 0 Å². The third kappa shape index (κ3) is 3.77. The second kappa shape index (κ2) is 10.4. The Balaban J connectivity index is 1.22. The molecule has 52 heavy (non-hydrogen) atoms. The second-order valence-electron chi connectivity index (χ2n) is 13.6. The summed E-state index contributed by atoms with van der Waals surface area (Å²) in [5.41, 5.74) is 10.6. The normalized spacial score (nSPS) is 12.6. The maximum Gasteiger partial charge on any atom is 0.260 e. The minimum absolute atomic E-state index is 0.292. The summed E-state index contributed by atoms with van der Waals surface area (Å²) in [5.74, 6) is 2.63. The lowest BCUT2D eigenvalue weighted by Gasteiger charge is -2.33. The molecule has 0 amide bonds. The fourth-order valence-electron chi connectivity index (χ4n) is 8.57. The van der Waals surface area contributed by atoms with Gasteiger partial charge >= 0.3 is 0 Å². The van der Waals surface area contributed by atoms with Crippen LogP contribution in [0.2, 0.25) is 0 Å². The maximum absolute atomic E-state index is 10.6. The number of fused-ring (bicyclic) bond motifs is 10. The summed E-state index contributed by atoms with van der Waals surface area (Å²) in [6.07, 6.45) is 0. The van der Waals surface area contributed by atoms with Gasteiger partial charge in [0.1, 0.15) is 35.1 Å². The SMILES string of the molecule is Cc1ccc2c3ccccc3n(-c3cc4c(cc3C#N)Oc3cccc5c3B4c3cc(-n4c6ccccc6c6ccccc64)c(C#N)cc3O5)c2c1. The molecule has 4 heterocycles. The summed E-state index contributed by atoms with van der Waals surface area (Å²) in [4.78, 5) is 0. The zero-order chi connectivity index (χ0) is 34.7. The van der Waals surface area contributed by atoms with E-state index in [2.05, 4.69) is 101 Å². The van der Waals surface area contributed by atoms with Crippen LogP contribution in [0.15, 0.2) is 133 Å². The molecule has 2 aromatic heterocycles. The van der Waals surface area contributed by atoms with Crippen molar-refractivity contribution in [3.8, 4) is 46.5 Å². The van der Waals surface area contributed by atoms with Crippen molar-refractivity contribution in [2.75, 3.05) is 0 Å². The number of aryl methyl sites for hydroxylation is 1. The van der Waals surface area contributed by atoms with Gasteiger partial charge in [-0.05, 0) is 71.9 Å². The van der Waals surface area contributed by atoms with E-state index >= 15 is 0 Å². The van der Waals surface area contributed by atoms with Crippen LogP contribution in [0.3, 0.4) is 0 Å². The van der Waals surface area contributed by atoms with Crippen molar-refractivity contribution in [3.05, 3.63) is 150 Å². The standard InChI is InChI=1S/C45H25BN4O2/c1-26-17-18-32-31-11-4-7-14-37(31)50(40(32)19-26)39-23-34-44(21-28(39)25-48)52-42-16-8-15-41-45(42)46(34)33-22-38(27(24-47)20-43(33)51-41)49-35-12-5-2-9-29(35)30-10-3-6-13-36(30)49/h2-23H,1H3. The Kier molecular flexibility index (Phi) is 5.72. The first kappa shape index (κ1) is 28.6. The van der Waals surface area contributed by atoms with Crippen LogP contribution in [0.4, 0.5) is 0 Å². The van der Waals surface area contributed by atoms with Crippen molar-refractivity contribution in [2.45, 2.75) is 6.92 Å². The highest BCUT2D eigenvalue weighted by molar-refractivity contribution is 6.98. The molecule has 6 nitrogen and oxygen atoms in total. The number of nitriles is 2. The second-order valence-corrected chi connectivity index (χ2v) is 13.6. The average Bonchev–Trinajstić information content (AvgIpc) is 3.69. The van der Waals surface area contributed by atoms with E-state index in [1.807, 2.05) is 60.7 Å². The predicted molar refractivity (Wildman–Crippen MR) is 207 cm³/mol. The van der Waals surface area contributed by atoms with E-state index in [1.165, 1.54) is 0 Å². The minimum Gasteiger partial charge on any atom is -0.458 e. The van der Waals surface area contributed by atoms with Crippen LogP contribution in [0, 0.1) is 29.6 Å². The smallest absolute Gasteiger partial charge is 0.260 e. The van der Waals surface area contributed by atoms with Crippen LogP contribution in [0.25, 0.3) is 55.0 Å². The minimum atomic E-state index is -0.292. The van der Waals surface area contributed by atoms with Crippen molar-refractivity contribution in [3.63, 3.8) is 0 Å². The Morgan fingerprint density at radius 1 is 0.481 bits per heavy atom.